The van der Waals surface area contributed by atoms with Gasteiger partial charge in [0.05, 0.1) is 36.4 Å². The van der Waals surface area contributed by atoms with Crippen molar-refractivity contribution < 1.29 is 14.3 Å². The number of amides is 1. The third-order valence-corrected chi connectivity index (χ3v) is 7.70. The fourth-order valence-corrected chi connectivity index (χ4v) is 5.65. The number of methoxy groups -OCH3 is 2. The van der Waals surface area contributed by atoms with E-state index in [2.05, 4.69) is 25.6 Å². The summed E-state index contributed by atoms with van der Waals surface area (Å²) in [7, 11) is 3.24. The second-order valence-electron chi connectivity index (χ2n) is 9.86. The summed E-state index contributed by atoms with van der Waals surface area (Å²) in [6, 6.07) is 5.68. The highest BCUT2D eigenvalue weighted by Gasteiger charge is 2.30. The average molecular weight is 576 g/mol. The molecule has 0 aliphatic carbocycles. The van der Waals surface area contributed by atoms with E-state index < -0.39 is 0 Å². The lowest BCUT2D eigenvalue weighted by Crippen LogP contribution is -2.38. The molecule has 1 aromatic carbocycles. The van der Waals surface area contributed by atoms with Gasteiger partial charge in [-0.25, -0.2) is 14.6 Å². The number of carbonyl (C=O) groups excluding carboxylic acids is 1. The van der Waals surface area contributed by atoms with E-state index in [9.17, 15) is 4.79 Å². The first-order valence-electron chi connectivity index (χ1n) is 13.4. The van der Waals surface area contributed by atoms with Gasteiger partial charge in [0.25, 0.3) is 5.91 Å². The predicted molar refractivity (Wildman–Crippen MR) is 155 cm³/mol. The summed E-state index contributed by atoms with van der Waals surface area (Å²) in [6.07, 6.45) is 8.70. The van der Waals surface area contributed by atoms with Crippen LogP contribution in [0, 0.1) is 0 Å². The van der Waals surface area contributed by atoms with Gasteiger partial charge >= 0.3 is 0 Å². The molecule has 12 nitrogen and oxygen atoms in total. The van der Waals surface area contributed by atoms with Gasteiger partial charge in [-0.2, -0.15) is 5.10 Å². The van der Waals surface area contributed by atoms with Gasteiger partial charge in [0.1, 0.15) is 17.8 Å². The summed E-state index contributed by atoms with van der Waals surface area (Å²) in [5.41, 5.74) is 2.04. The number of fused-ring (bicyclic) bond motifs is 3. The normalized spacial score (nSPS) is 15.2. The SMILES string of the molecule is CCn1ncc2c3c(NCc4ccc(OC)c(Cl)c4)nnc(-n4cnc(C(=O)N5CCC[C@H]5COC)c4)c3cnc21. The Bertz CT molecular complexity index is 1730. The highest BCUT2D eigenvalue weighted by atomic mass is 35.5. The molecule has 0 saturated carbocycles. The van der Waals surface area contributed by atoms with Crippen LogP contribution >= 0.6 is 11.6 Å². The first-order valence-corrected chi connectivity index (χ1v) is 13.8. The average Bonchev–Trinajstić information content (AvgIpc) is 3.75. The third-order valence-electron chi connectivity index (χ3n) is 7.41. The minimum Gasteiger partial charge on any atom is -0.495 e. The monoisotopic (exact) mass is 575 g/mol. The number of likely N-dealkylation sites (tertiary alicyclic amines) is 1. The quantitative estimate of drug-likeness (QED) is 0.276. The molecule has 1 N–H and O–H groups in total. The zero-order chi connectivity index (χ0) is 28.5. The van der Waals surface area contributed by atoms with E-state index in [0.29, 0.717) is 54.3 Å². The summed E-state index contributed by atoms with van der Waals surface area (Å²) in [5, 5.41) is 20.0. The number of hydrogen-bond acceptors (Lipinski definition) is 9. The van der Waals surface area contributed by atoms with Crippen molar-refractivity contribution in [3.63, 3.8) is 0 Å². The second-order valence-corrected chi connectivity index (χ2v) is 10.3. The summed E-state index contributed by atoms with van der Waals surface area (Å²) >= 11 is 6.34. The van der Waals surface area contributed by atoms with Crippen LogP contribution in [0.5, 0.6) is 5.75 Å². The van der Waals surface area contributed by atoms with Crippen molar-refractivity contribution in [2.24, 2.45) is 0 Å². The fourth-order valence-electron chi connectivity index (χ4n) is 5.37. The standard InChI is InChI=1S/C28H30ClN9O3/c1-4-38-26-20(13-33-38)24-19(12-31-26)27(35-34-25(24)30-11-17-7-8-23(41-3)21(29)10-17)36-14-22(32-16-36)28(39)37-9-5-6-18(37)15-40-2/h7-8,10,12-14,16,18H,4-6,9,11,15H2,1-3H3,(H,30,34)/t18-/m0/s1. The van der Waals surface area contributed by atoms with Gasteiger partial charge in [-0.15, -0.1) is 10.2 Å². The molecule has 0 bridgehead atoms. The molecule has 5 aromatic rings. The molecule has 1 amide bonds. The number of anilines is 1. The molecule has 6 rings (SSSR count). The van der Waals surface area contributed by atoms with Gasteiger partial charge in [-0.3, -0.25) is 9.36 Å². The van der Waals surface area contributed by atoms with E-state index >= 15 is 0 Å². The number of hydrogen-bond donors (Lipinski definition) is 1. The number of aryl methyl sites for hydroxylation is 1. The molecule has 5 heterocycles. The zero-order valence-electron chi connectivity index (χ0n) is 23.0. The number of halogens is 1. The van der Waals surface area contributed by atoms with Crippen LogP contribution in [0.3, 0.4) is 0 Å². The molecule has 1 atom stereocenters. The van der Waals surface area contributed by atoms with Crippen molar-refractivity contribution in [1.82, 2.24) is 39.4 Å². The van der Waals surface area contributed by atoms with Crippen LogP contribution in [0.25, 0.3) is 27.6 Å². The molecule has 4 aromatic heterocycles. The van der Waals surface area contributed by atoms with E-state index in [4.69, 9.17) is 26.1 Å². The molecule has 0 unspecified atom stereocenters. The number of benzene rings is 1. The lowest BCUT2D eigenvalue weighted by molar-refractivity contribution is 0.0625. The van der Waals surface area contributed by atoms with E-state index in [0.717, 1.165) is 40.2 Å². The Labute approximate surface area is 241 Å². The van der Waals surface area contributed by atoms with Crippen LogP contribution in [-0.4, -0.2) is 78.7 Å². The largest absolute Gasteiger partial charge is 0.495 e. The minimum absolute atomic E-state index is 0.0526. The molecular formula is C28H30ClN9O3. The van der Waals surface area contributed by atoms with E-state index in [1.54, 1.807) is 43.7 Å². The number of ether oxygens (including phenoxy) is 2. The molecule has 1 saturated heterocycles. The fraction of sp³-hybridized carbons (Fsp3) is 0.357. The molecule has 1 fully saturated rings. The maximum Gasteiger partial charge on any atom is 0.274 e. The third kappa shape index (κ3) is 4.93. The highest BCUT2D eigenvalue weighted by molar-refractivity contribution is 6.32. The molecule has 0 spiro atoms. The number of pyridine rings is 1. The van der Waals surface area contributed by atoms with Gasteiger partial charge in [0, 0.05) is 49.9 Å². The number of aromatic nitrogens is 7. The van der Waals surface area contributed by atoms with E-state index in [1.165, 1.54) is 0 Å². The second kappa shape index (κ2) is 11.3. The maximum atomic E-state index is 13.3. The van der Waals surface area contributed by atoms with Crippen molar-refractivity contribution in [1.29, 1.82) is 0 Å². The van der Waals surface area contributed by atoms with Crippen LogP contribution in [0.2, 0.25) is 5.02 Å². The maximum absolute atomic E-state index is 13.3. The van der Waals surface area contributed by atoms with Gasteiger partial charge in [0.15, 0.2) is 17.3 Å². The molecule has 41 heavy (non-hydrogen) atoms. The van der Waals surface area contributed by atoms with Gasteiger partial charge < -0.3 is 19.7 Å². The number of carbonyl (C=O) groups is 1. The van der Waals surface area contributed by atoms with Crippen molar-refractivity contribution in [2.45, 2.75) is 38.9 Å². The Morgan fingerprint density at radius 2 is 2.05 bits per heavy atom. The van der Waals surface area contributed by atoms with Crippen molar-refractivity contribution in [3.05, 3.63) is 59.4 Å². The van der Waals surface area contributed by atoms with Gasteiger partial charge in [-0.05, 0) is 37.5 Å². The minimum atomic E-state index is -0.123. The molecule has 1 aliphatic heterocycles. The Hall–Kier alpha value is -4.29. The van der Waals surface area contributed by atoms with E-state index in [-0.39, 0.29) is 11.9 Å². The lowest BCUT2D eigenvalue weighted by atomic mass is 10.1. The Morgan fingerprint density at radius 1 is 1.17 bits per heavy atom. The van der Waals surface area contributed by atoms with Gasteiger partial charge in [-0.1, -0.05) is 17.7 Å². The summed E-state index contributed by atoms with van der Waals surface area (Å²) < 4.78 is 14.1. The van der Waals surface area contributed by atoms with E-state index in [1.807, 2.05) is 34.7 Å². The van der Waals surface area contributed by atoms with Crippen LogP contribution in [0.4, 0.5) is 5.82 Å². The Morgan fingerprint density at radius 3 is 2.83 bits per heavy atom. The lowest BCUT2D eigenvalue weighted by Gasteiger charge is -2.23. The molecule has 1 aliphatic rings. The van der Waals surface area contributed by atoms with Crippen LogP contribution in [0.15, 0.2) is 43.1 Å². The molecule has 13 heteroatoms. The zero-order valence-corrected chi connectivity index (χ0v) is 23.8. The number of imidazole rings is 1. The smallest absolute Gasteiger partial charge is 0.274 e. The number of nitrogens with zero attached hydrogens (tertiary/aromatic N) is 8. The van der Waals surface area contributed by atoms with Gasteiger partial charge in [0.2, 0.25) is 0 Å². The molecular weight excluding hydrogens is 546 g/mol. The van der Waals surface area contributed by atoms with Crippen LogP contribution in [-0.2, 0) is 17.8 Å². The van der Waals surface area contributed by atoms with Crippen LogP contribution in [0.1, 0.15) is 35.8 Å². The Kier molecular flexibility index (Phi) is 7.41. The molecule has 212 valence electrons. The van der Waals surface area contributed by atoms with Crippen LogP contribution < -0.4 is 10.1 Å². The summed E-state index contributed by atoms with van der Waals surface area (Å²) in [4.78, 5) is 24.3. The molecule has 0 radical (unpaired) electrons. The highest BCUT2D eigenvalue weighted by Crippen LogP contribution is 2.32. The summed E-state index contributed by atoms with van der Waals surface area (Å²) in [6.45, 7) is 4.34. The topological polar surface area (TPSA) is 125 Å². The Balaban J connectivity index is 1.38. The first-order chi connectivity index (χ1) is 20.0. The van der Waals surface area contributed by atoms with Crippen molar-refractivity contribution in [2.75, 3.05) is 32.7 Å². The number of rotatable bonds is 9. The van der Waals surface area contributed by atoms with Crippen molar-refractivity contribution >= 4 is 45.1 Å². The van der Waals surface area contributed by atoms with Crippen molar-refractivity contribution in [3.8, 4) is 11.6 Å². The first kappa shape index (κ1) is 26.9. The predicted octanol–water partition coefficient (Wildman–Crippen LogP) is 4.11. The number of nitrogens with one attached hydrogen (secondary N) is 1. The summed E-state index contributed by atoms with van der Waals surface area (Å²) in [5.74, 6) is 1.58.